The van der Waals surface area contributed by atoms with Gasteiger partial charge in [0.2, 0.25) is 0 Å². The number of para-hydroxylation sites is 1. The molecular formula is C12H14O6S. The number of sulfone groups is 1. The van der Waals surface area contributed by atoms with E-state index in [2.05, 4.69) is 0 Å². The van der Waals surface area contributed by atoms with Crippen molar-refractivity contribution in [2.45, 2.75) is 12.2 Å². The summed E-state index contributed by atoms with van der Waals surface area (Å²) in [4.78, 5) is 11.0. The normalized spacial score (nSPS) is 24.9. The van der Waals surface area contributed by atoms with Crippen molar-refractivity contribution < 1.29 is 27.8 Å². The van der Waals surface area contributed by atoms with Crippen molar-refractivity contribution in [1.82, 2.24) is 0 Å². The molecule has 1 aromatic carbocycles. The summed E-state index contributed by atoms with van der Waals surface area (Å²) in [5, 5.41) is 9.68. The average Bonchev–Trinajstić information content (AvgIpc) is 2.62. The number of benzene rings is 1. The van der Waals surface area contributed by atoms with E-state index in [9.17, 15) is 18.3 Å². The van der Waals surface area contributed by atoms with Gasteiger partial charge in [-0.25, -0.2) is 8.42 Å². The van der Waals surface area contributed by atoms with Crippen LogP contribution >= 0.6 is 0 Å². The monoisotopic (exact) mass is 286 g/mol. The summed E-state index contributed by atoms with van der Waals surface area (Å²) in [7, 11) is -1.89. The highest BCUT2D eigenvalue weighted by Gasteiger charge is 2.38. The molecule has 1 N–H and O–H groups in total. The molecule has 0 aromatic heterocycles. The van der Waals surface area contributed by atoms with Crippen molar-refractivity contribution in [1.29, 1.82) is 0 Å². The quantitative estimate of drug-likeness (QED) is 0.786. The molecule has 6 nitrogen and oxygen atoms in total. The number of aliphatic hydroxyl groups is 1. The summed E-state index contributed by atoms with van der Waals surface area (Å²) in [6.07, 6.45) is -1.40. The molecule has 1 heterocycles. The maximum absolute atomic E-state index is 11.4. The average molecular weight is 286 g/mol. The van der Waals surface area contributed by atoms with Crippen LogP contribution in [0.25, 0.3) is 0 Å². The first kappa shape index (κ1) is 13.8. The molecule has 0 aliphatic carbocycles. The van der Waals surface area contributed by atoms with E-state index < -0.39 is 22.0 Å². The highest BCUT2D eigenvalue weighted by atomic mass is 32.2. The van der Waals surface area contributed by atoms with Gasteiger partial charge in [-0.05, 0) is 12.1 Å². The smallest absolute Gasteiger partial charge is 0.172 e. The Kier molecular flexibility index (Phi) is 3.77. The van der Waals surface area contributed by atoms with Crippen LogP contribution in [0, 0.1) is 0 Å². The van der Waals surface area contributed by atoms with Gasteiger partial charge in [-0.15, -0.1) is 0 Å². The predicted octanol–water partition coefficient (Wildman–Crippen LogP) is 0.0444. The molecule has 2 atom stereocenters. The molecule has 0 bridgehead atoms. The number of aldehydes is 1. The van der Waals surface area contributed by atoms with E-state index in [1.807, 2.05) is 0 Å². The third-order valence-electron chi connectivity index (χ3n) is 2.90. The van der Waals surface area contributed by atoms with Crippen LogP contribution in [0.1, 0.15) is 10.4 Å². The number of ether oxygens (including phenoxy) is 2. The van der Waals surface area contributed by atoms with Crippen LogP contribution in [0.5, 0.6) is 11.5 Å². The van der Waals surface area contributed by atoms with Gasteiger partial charge in [-0.3, -0.25) is 4.79 Å². The van der Waals surface area contributed by atoms with Gasteiger partial charge < -0.3 is 14.6 Å². The lowest BCUT2D eigenvalue weighted by Gasteiger charge is -2.18. The molecular weight excluding hydrogens is 272 g/mol. The summed E-state index contributed by atoms with van der Waals surface area (Å²) < 4.78 is 33.4. The number of carbonyl (C=O) groups excluding carboxylic acids is 1. The zero-order valence-electron chi connectivity index (χ0n) is 10.3. The van der Waals surface area contributed by atoms with Crippen molar-refractivity contribution >= 4 is 16.1 Å². The first-order chi connectivity index (χ1) is 8.96. The Morgan fingerprint density at radius 1 is 1.37 bits per heavy atom. The van der Waals surface area contributed by atoms with Gasteiger partial charge in [0.05, 0.1) is 24.2 Å². The lowest BCUT2D eigenvalue weighted by molar-refractivity contribution is 0.0708. The fourth-order valence-electron chi connectivity index (χ4n) is 1.97. The van der Waals surface area contributed by atoms with E-state index in [0.29, 0.717) is 12.0 Å². The fourth-order valence-corrected chi connectivity index (χ4v) is 3.64. The highest BCUT2D eigenvalue weighted by Crippen LogP contribution is 2.32. The Bertz CT molecular complexity index is 580. The number of hydrogen-bond donors (Lipinski definition) is 1. The maximum atomic E-state index is 11.4. The van der Waals surface area contributed by atoms with Crippen molar-refractivity contribution in [2.75, 3.05) is 18.6 Å². The van der Waals surface area contributed by atoms with Crippen LogP contribution in [0.4, 0.5) is 0 Å². The minimum Gasteiger partial charge on any atom is -0.493 e. The second-order valence-corrected chi connectivity index (χ2v) is 6.45. The van der Waals surface area contributed by atoms with Crippen LogP contribution in [-0.4, -0.2) is 50.6 Å². The van der Waals surface area contributed by atoms with Crippen LogP contribution in [-0.2, 0) is 9.84 Å². The van der Waals surface area contributed by atoms with Gasteiger partial charge in [-0.2, -0.15) is 0 Å². The second-order valence-electron chi connectivity index (χ2n) is 4.30. The van der Waals surface area contributed by atoms with E-state index in [0.717, 1.165) is 0 Å². The second kappa shape index (κ2) is 5.18. The molecule has 0 amide bonds. The molecule has 1 aliphatic heterocycles. The summed E-state index contributed by atoms with van der Waals surface area (Å²) in [5.74, 6) is -0.129. The van der Waals surface area contributed by atoms with Gasteiger partial charge in [0, 0.05) is 0 Å². The first-order valence-corrected chi connectivity index (χ1v) is 7.46. The minimum atomic E-state index is -3.31. The molecule has 1 aromatic rings. The van der Waals surface area contributed by atoms with E-state index in [4.69, 9.17) is 9.47 Å². The Balaban J connectivity index is 2.31. The molecule has 2 unspecified atom stereocenters. The first-order valence-electron chi connectivity index (χ1n) is 5.64. The number of carbonyl (C=O) groups is 1. The minimum absolute atomic E-state index is 0.154. The highest BCUT2D eigenvalue weighted by molar-refractivity contribution is 7.91. The zero-order valence-corrected chi connectivity index (χ0v) is 11.1. The van der Waals surface area contributed by atoms with Crippen LogP contribution in [0.3, 0.4) is 0 Å². The fraction of sp³-hybridized carbons (Fsp3) is 0.417. The van der Waals surface area contributed by atoms with Crippen LogP contribution < -0.4 is 9.47 Å². The maximum Gasteiger partial charge on any atom is 0.172 e. The van der Waals surface area contributed by atoms with E-state index in [1.165, 1.54) is 13.2 Å². The summed E-state index contributed by atoms with van der Waals surface area (Å²) in [6, 6.07) is 4.75. The lowest BCUT2D eigenvalue weighted by atomic mass is 10.2. The Morgan fingerprint density at radius 2 is 2.11 bits per heavy atom. The molecule has 0 saturated carbocycles. The van der Waals surface area contributed by atoms with Gasteiger partial charge in [0.25, 0.3) is 0 Å². The molecule has 1 saturated heterocycles. The molecule has 0 spiro atoms. The largest absolute Gasteiger partial charge is 0.493 e. The predicted molar refractivity (Wildman–Crippen MR) is 67.5 cm³/mol. The van der Waals surface area contributed by atoms with E-state index >= 15 is 0 Å². The summed E-state index contributed by atoms with van der Waals surface area (Å²) >= 11 is 0. The van der Waals surface area contributed by atoms with Gasteiger partial charge >= 0.3 is 0 Å². The summed E-state index contributed by atoms with van der Waals surface area (Å²) in [6.45, 7) is 0. The van der Waals surface area contributed by atoms with E-state index in [-0.39, 0.29) is 22.8 Å². The molecule has 7 heteroatoms. The van der Waals surface area contributed by atoms with Crippen molar-refractivity contribution in [3.63, 3.8) is 0 Å². The van der Waals surface area contributed by atoms with Gasteiger partial charge in [-0.1, -0.05) is 6.07 Å². The molecule has 104 valence electrons. The van der Waals surface area contributed by atoms with Crippen LogP contribution in [0.2, 0.25) is 0 Å². The SMILES string of the molecule is COc1cccc(C=O)c1OC1CS(=O)(=O)CC1O. The summed E-state index contributed by atoms with van der Waals surface area (Å²) in [5.41, 5.74) is 0.246. The number of rotatable bonds is 4. The molecule has 19 heavy (non-hydrogen) atoms. The standard InChI is InChI=1S/C12H14O6S/c1-17-10-4-2-3-8(5-13)12(10)18-11-7-19(15,16)6-9(11)14/h2-5,9,11,14H,6-7H2,1H3. The van der Waals surface area contributed by atoms with E-state index in [1.54, 1.807) is 12.1 Å². The third-order valence-corrected chi connectivity index (χ3v) is 4.58. The number of methoxy groups -OCH3 is 1. The van der Waals surface area contributed by atoms with Crippen molar-refractivity contribution in [3.05, 3.63) is 23.8 Å². The molecule has 0 radical (unpaired) electrons. The molecule has 2 rings (SSSR count). The Morgan fingerprint density at radius 3 is 2.63 bits per heavy atom. The zero-order chi connectivity index (χ0) is 14.0. The lowest BCUT2D eigenvalue weighted by Crippen LogP contribution is -2.30. The van der Waals surface area contributed by atoms with Crippen molar-refractivity contribution in [3.8, 4) is 11.5 Å². The molecule has 1 fully saturated rings. The number of hydrogen-bond acceptors (Lipinski definition) is 6. The Labute approximate surface area is 110 Å². The topological polar surface area (TPSA) is 89.9 Å². The van der Waals surface area contributed by atoms with Crippen LogP contribution in [0.15, 0.2) is 18.2 Å². The Hall–Kier alpha value is -1.60. The third kappa shape index (κ3) is 2.87. The van der Waals surface area contributed by atoms with Gasteiger partial charge in [0.1, 0.15) is 12.2 Å². The van der Waals surface area contributed by atoms with Crippen molar-refractivity contribution in [2.24, 2.45) is 0 Å². The number of aliphatic hydroxyl groups excluding tert-OH is 1. The van der Waals surface area contributed by atoms with Gasteiger partial charge in [0.15, 0.2) is 27.6 Å². The molecule has 1 aliphatic rings.